The van der Waals surface area contributed by atoms with Crippen LogP contribution in [0.25, 0.3) is 0 Å². The molecule has 0 atom stereocenters. The number of carbonyl (C=O) groups excluding carboxylic acids is 1. The van der Waals surface area contributed by atoms with Gasteiger partial charge in [0.2, 0.25) is 0 Å². The number of benzene rings is 2. The first-order valence-electron chi connectivity index (χ1n) is 7.32. The lowest BCUT2D eigenvalue weighted by Gasteiger charge is -2.14. The number of anilines is 1. The van der Waals surface area contributed by atoms with Crippen LogP contribution in [0.5, 0.6) is 5.75 Å². The molecule has 0 saturated carbocycles. The van der Waals surface area contributed by atoms with Gasteiger partial charge < -0.3 is 10.1 Å². The summed E-state index contributed by atoms with van der Waals surface area (Å²) >= 11 is 10.8. The Balaban J connectivity index is 1.91. The van der Waals surface area contributed by atoms with E-state index in [1.807, 2.05) is 19.1 Å². The number of ether oxygens (including phenoxy) is 1. The highest BCUT2D eigenvalue weighted by Gasteiger charge is 2.31. The predicted octanol–water partition coefficient (Wildman–Crippen LogP) is 4.56. The minimum absolute atomic E-state index is 0.0329. The van der Waals surface area contributed by atoms with Gasteiger partial charge in [-0.25, -0.2) is 0 Å². The second-order valence-electron chi connectivity index (χ2n) is 5.30. The van der Waals surface area contributed by atoms with Gasteiger partial charge in [-0.2, -0.15) is 13.2 Å². The summed E-state index contributed by atoms with van der Waals surface area (Å²) < 4.78 is 43.5. The SMILES string of the molecule is Cc1ccc(OCC(=O)NC(=S)Nc2cc(C(F)(F)F)ccc2Cl)cc1. The smallest absolute Gasteiger partial charge is 0.416 e. The van der Waals surface area contributed by atoms with Gasteiger partial charge in [-0.15, -0.1) is 0 Å². The van der Waals surface area contributed by atoms with Gasteiger partial charge in [-0.3, -0.25) is 10.1 Å². The first kappa shape index (κ1) is 20.0. The molecule has 2 N–H and O–H groups in total. The van der Waals surface area contributed by atoms with Gasteiger partial charge in [0.15, 0.2) is 11.7 Å². The van der Waals surface area contributed by atoms with Crippen molar-refractivity contribution < 1.29 is 22.7 Å². The molecule has 0 spiro atoms. The van der Waals surface area contributed by atoms with Crippen molar-refractivity contribution >= 4 is 40.5 Å². The van der Waals surface area contributed by atoms with Crippen LogP contribution in [0.3, 0.4) is 0 Å². The zero-order valence-electron chi connectivity index (χ0n) is 13.5. The van der Waals surface area contributed by atoms with Crippen LogP contribution >= 0.6 is 23.8 Å². The molecule has 0 unspecified atom stereocenters. The summed E-state index contributed by atoms with van der Waals surface area (Å²) in [6.07, 6.45) is -4.52. The number of hydrogen-bond donors (Lipinski definition) is 2. The monoisotopic (exact) mass is 402 g/mol. The summed E-state index contributed by atoms with van der Waals surface area (Å²) in [5.41, 5.74) is 0.0950. The molecule has 0 aliphatic heterocycles. The summed E-state index contributed by atoms with van der Waals surface area (Å²) in [5.74, 6) is -0.0586. The summed E-state index contributed by atoms with van der Waals surface area (Å²) in [6, 6.07) is 9.83. The molecule has 0 aliphatic rings. The number of rotatable bonds is 4. The quantitative estimate of drug-likeness (QED) is 0.736. The second kappa shape index (κ2) is 8.37. The average Bonchev–Trinajstić information content (AvgIpc) is 2.55. The third-order valence-corrected chi connectivity index (χ3v) is 3.72. The molecule has 0 saturated heterocycles. The highest BCUT2D eigenvalue weighted by atomic mass is 35.5. The molecule has 2 rings (SSSR count). The third kappa shape index (κ3) is 5.89. The lowest BCUT2D eigenvalue weighted by Crippen LogP contribution is -2.37. The van der Waals surface area contributed by atoms with Gasteiger partial charge in [0.05, 0.1) is 16.3 Å². The summed E-state index contributed by atoms with van der Waals surface area (Å²) in [4.78, 5) is 11.8. The number of thiocarbonyl (C=S) groups is 1. The van der Waals surface area contributed by atoms with Gasteiger partial charge in [0, 0.05) is 0 Å². The number of hydrogen-bond acceptors (Lipinski definition) is 3. The van der Waals surface area contributed by atoms with E-state index in [0.29, 0.717) is 5.75 Å². The van der Waals surface area contributed by atoms with Crippen LogP contribution in [0.2, 0.25) is 5.02 Å². The normalized spacial score (nSPS) is 11.0. The Bertz CT molecular complexity index is 811. The number of aryl methyl sites for hydroxylation is 1. The zero-order valence-corrected chi connectivity index (χ0v) is 15.1. The highest BCUT2D eigenvalue weighted by Crippen LogP contribution is 2.33. The molecule has 4 nitrogen and oxygen atoms in total. The van der Waals surface area contributed by atoms with E-state index in [-0.39, 0.29) is 22.4 Å². The first-order chi connectivity index (χ1) is 12.1. The standard InChI is InChI=1S/C17H14ClF3N2O2S/c1-10-2-5-12(6-3-10)25-9-15(24)23-16(26)22-14-8-11(17(19,20)21)4-7-13(14)18/h2-8H,9H2,1H3,(H2,22,23,24,26). The van der Waals surface area contributed by atoms with Crippen molar-refractivity contribution in [2.24, 2.45) is 0 Å². The van der Waals surface area contributed by atoms with E-state index >= 15 is 0 Å². The maximum absolute atomic E-state index is 12.7. The van der Waals surface area contributed by atoms with Crippen LogP contribution in [0, 0.1) is 6.92 Å². The Morgan fingerprint density at radius 3 is 2.46 bits per heavy atom. The summed E-state index contributed by atoms with van der Waals surface area (Å²) in [5, 5.41) is 4.63. The molecule has 0 radical (unpaired) electrons. The Hall–Kier alpha value is -2.32. The molecule has 1 amide bonds. The maximum atomic E-state index is 12.7. The average molecular weight is 403 g/mol. The van der Waals surface area contributed by atoms with Crippen LogP contribution < -0.4 is 15.4 Å². The van der Waals surface area contributed by atoms with Crippen molar-refractivity contribution in [3.63, 3.8) is 0 Å². The second-order valence-corrected chi connectivity index (χ2v) is 6.11. The Morgan fingerprint density at radius 2 is 1.85 bits per heavy atom. The molecular formula is C17H14ClF3N2O2S. The predicted molar refractivity (Wildman–Crippen MR) is 97.5 cm³/mol. The van der Waals surface area contributed by atoms with Gasteiger partial charge in [-0.1, -0.05) is 29.3 Å². The Labute approximate surface area is 158 Å². The Morgan fingerprint density at radius 1 is 1.19 bits per heavy atom. The van der Waals surface area contributed by atoms with E-state index in [4.69, 9.17) is 28.6 Å². The lowest BCUT2D eigenvalue weighted by molar-refractivity contribution is -0.137. The fourth-order valence-corrected chi connectivity index (χ4v) is 2.29. The molecule has 0 fully saturated rings. The van der Waals surface area contributed by atoms with Crippen molar-refractivity contribution in [1.82, 2.24) is 5.32 Å². The number of alkyl halides is 3. The van der Waals surface area contributed by atoms with E-state index in [1.165, 1.54) is 0 Å². The van der Waals surface area contributed by atoms with Crippen LogP contribution in [0.15, 0.2) is 42.5 Å². The molecule has 0 heterocycles. The van der Waals surface area contributed by atoms with E-state index < -0.39 is 17.6 Å². The number of nitrogens with one attached hydrogen (secondary N) is 2. The van der Waals surface area contributed by atoms with Crippen molar-refractivity contribution in [3.05, 3.63) is 58.6 Å². The Kier molecular flexibility index (Phi) is 6.44. The largest absolute Gasteiger partial charge is 0.484 e. The van der Waals surface area contributed by atoms with Crippen LogP contribution in [-0.2, 0) is 11.0 Å². The van der Waals surface area contributed by atoms with Crippen molar-refractivity contribution in [2.45, 2.75) is 13.1 Å². The van der Waals surface area contributed by atoms with Crippen molar-refractivity contribution in [3.8, 4) is 5.75 Å². The molecule has 0 bridgehead atoms. The van der Waals surface area contributed by atoms with Crippen molar-refractivity contribution in [1.29, 1.82) is 0 Å². The van der Waals surface area contributed by atoms with Gasteiger partial charge >= 0.3 is 6.18 Å². The highest BCUT2D eigenvalue weighted by molar-refractivity contribution is 7.80. The molecule has 9 heteroatoms. The summed E-state index contributed by atoms with van der Waals surface area (Å²) in [6.45, 7) is 1.61. The van der Waals surface area contributed by atoms with E-state index in [9.17, 15) is 18.0 Å². The molecule has 2 aromatic rings. The minimum Gasteiger partial charge on any atom is -0.484 e. The number of halogens is 4. The molecule has 2 aromatic carbocycles. The third-order valence-electron chi connectivity index (χ3n) is 3.19. The fraction of sp³-hybridized carbons (Fsp3) is 0.176. The molecular weight excluding hydrogens is 389 g/mol. The van der Waals surface area contributed by atoms with Gasteiger partial charge in [0.1, 0.15) is 5.75 Å². The van der Waals surface area contributed by atoms with Crippen LogP contribution in [-0.4, -0.2) is 17.6 Å². The lowest BCUT2D eigenvalue weighted by atomic mass is 10.2. The molecule has 138 valence electrons. The van der Waals surface area contributed by atoms with Crippen LogP contribution in [0.1, 0.15) is 11.1 Å². The number of amides is 1. The van der Waals surface area contributed by atoms with Gasteiger partial charge in [-0.05, 0) is 49.5 Å². The van der Waals surface area contributed by atoms with E-state index in [0.717, 1.165) is 23.8 Å². The van der Waals surface area contributed by atoms with Crippen molar-refractivity contribution in [2.75, 3.05) is 11.9 Å². The molecule has 0 aliphatic carbocycles. The summed E-state index contributed by atoms with van der Waals surface area (Å²) in [7, 11) is 0. The molecule has 0 aromatic heterocycles. The molecule has 26 heavy (non-hydrogen) atoms. The van der Waals surface area contributed by atoms with Gasteiger partial charge in [0.25, 0.3) is 5.91 Å². The maximum Gasteiger partial charge on any atom is 0.416 e. The number of carbonyl (C=O) groups is 1. The van der Waals surface area contributed by atoms with E-state index in [2.05, 4.69) is 10.6 Å². The van der Waals surface area contributed by atoms with Crippen LogP contribution in [0.4, 0.5) is 18.9 Å². The zero-order chi connectivity index (χ0) is 19.3. The topological polar surface area (TPSA) is 50.4 Å². The minimum atomic E-state index is -4.52. The first-order valence-corrected chi connectivity index (χ1v) is 8.11. The fourth-order valence-electron chi connectivity index (χ4n) is 1.90. The van der Waals surface area contributed by atoms with E-state index in [1.54, 1.807) is 12.1 Å².